The fraction of sp³-hybridized carbons (Fsp3) is 0.737. The molecule has 3 heterocycles. The molecule has 140 valence electrons. The average Bonchev–Trinajstić information content (AvgIpc) is 3.31. The van der Waals surface area contributed by atoms with Gasteiger partial charge in [-0.05, 0) is 56.5 Å². The van der Waals surface area contributed by atoms with Gasteiger partial charge in [0.25, 0.3) is 0 Å². The van der Waals surface area contributed by atoms with E-state index in [9.17, 15) is 4.79 Å². The molecule has 0 radical (unpaired) electrons. The van der Waals surface area contributed by atoms with Gasteiger partial charge >= 0.3 is 0 Å². The predicted molar refractivity (Wildman–Crippen MR) is 99.7 cm³/mol. The van der Waals surface area contributed by atoms with Crippen LogP contribution in [-0.4, -0.2) is 55.9 Å². The molecule has 0 aromatic carbocycles. The summed E-state index contributed by atoms with van der Waals surface area (Å²) in [4.78, 5) is 16.2. The Morgan fingerprint density at radius 3 is 3.16 bits per heavy atom. The topological polar surface area (TPSA) is 50.8 Å². The fourth-order valence-electron chi connectivity index (χ4n) is 3.58. The van der Waals surface area contributed by atoms with Gasteiger partial charge in [0.15, 0.2) is 0 Å². The molecule has 25 heavy (non-hydrogen) atoms. The van der Waals surface area contributed by atoms with Gasteiger partial charge in [-0.1, -0.05) is 6.07 Å². The molecule has 0 bridgehead atoms. The molecule has 0 aliphatic carbocycles. The summed E-state index contributed by atoms with van der Waals surface area (Å²) in [7, 11) is 0. The molecule has 3 rings (SSSR count). The van der Waals surface area contributed by atoms with E-state index in [2.05, 4.69) is 27.7 Å². The van der Waals surface area contributed by atoms with Crippen molar-refractivity contribution in [2.24, 2.45) is 5.92 Å². The van der Waals surface area contributed by atoms with Crippen molar-refractivity contribution in [2.75, 3.05) is 32.8 Å². The Hall–Kier alpha value is -0.950. The zero-order valence-electron chi connectivity index (χ0n) is 15.1. The highest BCUT2D eigenvalue weighted by molar-refractivity contribution is 7.09. The van der Waals surface area contributed by atoms with Crippen molar-refractivity contribution < 1.29 is 14.3 Å². The van der Waals surface area contributed by atoms with Gasteiger partial charge in [-0.15, -0.1) is 11.3 Å². The lowest BCUT2D eigenvalue weighted by Crippen LogP contribution is -2.43. The lowest BCUT2D eigenvalue weighted by atomic mass is 9.98. The van der Waals surface area contributed by atoms with Crippen LogP contribution < -0.4 is 5.32 Å². The number of likely N-dealkylation sites (tertiary alicyclic amines) is 1. The molecular formula is C19H30N2O3S. The Labute approximate surface area is 154 Å². The molecule has 0 saturated carbocycles. The summed E-state index contributed by atoms with van der Waals surface area (Å²) in [5, 5.41) is 5.21. The van der Waals surface area contributed by atoms with Crippen molar-refractivity contribution in [2.45, 2.75) is 51.4 Å². The molecule has 6 heteroatoms. The van der Waals surface area contributed by atoms with Crippen molar-refractivity contribution in [1.82, 2.24) is 10.2 Å². The maximum absolute atomic E-state index is 12.2. The molecule has 1 N–H and O–H groups in total. The number of hydrogen-bond donors (Lipinski definition) is 1. The van der Waals surface area contributed by atoms with E-state index in [1.54, 1.807) is 0 Å². The third-order valence-corrected chi connectivity index (χ3v) is 5.91. The maximum Gasteiger partial charge on any atom is 0.248 e. The highest BCUT2D eigenvalue weighted by Crippen LogP contribution is 2.20. The number of carbonyl (C=O) groups excluding carboxylic acids is 1. The number of thiophene rings is 1. The molecular weight excluding hydrogens is 336 g/mol. The maximum atomic E-state index is 12.2. The number of amides is 1. The van der Waals surface area contributed by atoms with Crippen LogP contribution in [0.3, 0.4) is 0 Å². The number of nitrogens with zero attached hydrogens (tertiary/aromatic N) is 1. The summed E-state index contributed by atoms with van der Waals surface area (Å²) in [6.45, 7) is 7.15. The molecule has 5 nitrogen and oxygen atoms in total. The summed E-state index contributed by atoms with van der Waals surface area (Å²) in [6, 6.07) is 4.31. The molecule has 1 amide bonds. The van der Waals surface area contributed by atoms with Crippen molar-refractivity contribution >= 4 is 17.2 Å². The van der Waals surface area contributed by atoms with Crippen LogP contribution in [0.2, 0.25) is 0 Å². The SMILES string of the molecule is C[C@H](OC[C@H]1CCCO1)C(=O)NC[C@@H]1CCCN(Cc2cccs2)C1. The lowest BCUT2D eigenvalue weighted by Gasteiger charge is -2.32. The molecule has 3 atom stereocenters. The molecule has 1 aromatic rings. The van der Waals surface area contributed by atoms with Gasteiger partial charge in [-0.2, -0.15) is 0 Å². The van der Waals surface area contributed by atoms with E-state index in [0.717, 1.165) is 45.6 Å². The smallest absolute Gasteiger partial charge is 0.248 e. The number of hydrogen-bond acceptors (Lipinski definition) is 5. The summed E-state index contributed by atoms with van der Waals surface area (Å²) < 4.78 is 11.2. The van der Waals surface area contributed by atoms with Crippen molar-refractivity contribution in [3.63, 3.8) is 0 Å². The lowest BCUT2D eigenvalue weighted by molar-refractivity contribution is -0.134. The van der Waals surface area contributed by atoms with Gasteiger partial charge in [-0.3, -0.25) is 9.69 Å². The van der Waals surface area contributed by atoms with Crippen LogP contribution in [0.15, 0.2) is 17.5 Å². The Morgan fingerprint density at radius 2 is 2.40 bits per heavy atom. The second kappa shape index (κ2) is 9.67. The Bertz CT molecular complexity index is 517. The van der Waals surface area contributed by atoms with Crippen LogP contribution in [-0.2, 0) is 20.8 Å². The first-order valence-electron chi connectivity index (χ1n) is 9.46. The predicted octanol–water partition coefficient (Wildman–Crippen LogP) is 2.66. The molecule has 2 aliphatic heterocycles. The van der Waals surface area contributed by atoms with Gasteiger partial charge in [0.1, 0.15) is 6.10 Å². The quantitative estimate of drug-likeness (QED) is 0.768. The first kappa shape index (κ1) is 18.8. The number of carbonyl (C=O) groups is 1. The largest absolute Gasteiger partial charge is 0.376 e. The number of ether oxygens (including phenoxy) is 2. The third kappa shape index (κ3) is 6.06. The Morgan fingerprint density at radius 1 is 1.48 bits per heavy atom. The monoisotopic (exact) mass is 366 g/mol. The molecule has 1 aromatic heterocycles. The van der Waals surface area contributed by atoms with Crippen molar-refractivity contribution in [3.8, 4) is 0 Å². The van der Waals surface area contributed by atoms with Crippen molar-refractivity contribution in [3.05, 3.63) is 22.4 Å². The Balaban J connectivity index is 1.34. The summed E-state index contributed by atoms with van der Waals surface area (Å²) in [5.41, 5.74) is 0. The molecule has 0 spiro atoms. The van der Waals surface area contributed by atoms with Crippen molar-refractivity contribution in [1.29, 1.82) is 0 Å². The minimum atomic E-state index is -0.407. The summed E-state index contributed by atoms with van der Waals surface area (Å²) >= 11 is 1.82. The molecule has 0 unspecified atom stereocenters. The van der Waals surface area contributed by atoms with Crippen LogP contribution in [0.1, 0.15) is 37.5 Å². The summed E-state index contributed by atoms with van der Waals surface area (Å²) in [5.74, 6) is 0.524. The zero-order chi connectivity index (χ0) is 17.5. The van der Waals surface area contributed by atoms with Crippen LogP contribution in [0, 0.1) is 5.92 Å². The third-order valence-electron chi connectivity index (χ3n) is 5.05. The highest BCUT2D eigenvalue weighted by atomic mass is 32.1. The van der Waals surface area contributed by atoms with Crippen LogP contribution in [0.4, 0.5) is 0 Å². The number of rotatable bonds is 8. The van der Waals surface area contributed by atoms with E-state index in [1.807, 2.05) is 18.3 Å². The van der Waals surface area contributed by atoms with E-state index >= 15 is 0 Å². The minimum Gasteiger partial charge on any atom is -0.376 e. The fourth-order valence-corrected chi connectivity index (χ4v) is 4.32. The van der Waals surface area contributed by atoms with E-state index in [0.29, 0.717) is 12.5 Å². The van der Waals surface area contributed by atoms with Gasteiger partial charge in [0, 0.05) is 31.1 Å². The van der Waals surface area contributed by atoms with Crippen LogP contribution in [0.25, 0.3) is 0 Å². The standard InChI is InChI=1S/C19H30N2O3S/c1-15(24-14-17-6-3-9-23-17)19(22)20-11-16-5-2-8-21(12-16)13-18-7-4-10-25-18/h4,7,10,15-17H,2-3,5-6,8-9,11-14H2,1H3,(H,20,22)/t15-,16-,17+/m0/s1. The molecule has 2 saturated heterocycles. The first-order chi connectivity index (χ1) is 12.2. The highest BCUT2D eigenvalue weighted by Gasteiger charge is 2.23. The Kier molecular flexibility index (Phi) is 7.28. The van der Waals surface area contributed by atoms with E-state index in [1.165, 1.54) is 17.7 Å². The van der Waals surface area contributed by atoms with Gasteiger partial charge < -0.3 is 14.8 Å². The number of nitrogens with one attached hydrogen (secondary N) is 1. The molecule has 2 aliphatic rings. The molecule has 2 fully saturated rings. The van der Waals surface area contributed by atoms with Gasteiger partial charge in [-0.25, -0.2) is 0 Å². The van der Waals surface area contributed by atoms with E-state index in [-0.39, 0.29) is 12.0 Å². The van der Waals surface area contributed by atoms with Crippen LogP contribution in [0.5, 0.6) is 0 Å². The van der Waals surface area contributed by atoms with E-state index in [4.69, 9.17) is 9.47 Å². The first-order valence-corrected chi connectivity index (χ1v) is 10.3. The normalized spacial score (nSPS) is 25.8. The second-order valence-electron chi connectivity index (χ2n) is 7.18. The summed E-state index contributed by atoms with van der Waals surface area (Å²) in [6.07, 6.45) is 4.28. The zero-order valence-corrected chi connectivity index (χ0v) is 15.9. The second-order valence-corrected chi connectivity index (χ2v) is 8.21. The van der Waals surface area contributed by atoms with Gasteiger partial charge in [0.2, 0.25) is 5.91 Å². The average molecular weight is 367 g/mol. The minimum absolute atomic E-state index is 0.00613. The van der Waals surface area contributed by atoms with E-state index < -0.39 is 6.10 Å². The number of piperidine rings is 1. The van der Waals surface area contributed by atoms with Gasteiger partial charge in [0.05, 0.1) is 12.7 Å². The van der Waals surface area contributed by atoms with Crippen LogP contribution >= 0.6 is 11.3 Å².